The van der Waals surface area contributed by atoms with Crippen LogP contribution in [0.1, 0.15) is 27.7 Å². The molecule has 0 aromatic heterocycles. The first-order valence-corrected chi connectivity index (χ1v) is 5.02. The molecular weight excluding hydrogens is 148 g/mol. The van der Waals surface area contributed by atoms with Crippen molar-refractivity contribution in [2.45, 2.75) is 33.7 Å². The van der Waals surface area contributed by atoms with Gasteiger partial charge >= 0.3 is 0 Å². The summed E-state index contributed by atoms with van der Waals surface area (Å²) in [4.78, 5) is 0. The van der Waals surface area contributed by atoms with E-state index >= 15 is 0 Å². The van der Waals surface area contributed by atoms with Gasteiger partial charge in [0.15, 0.2) is 0 Å². The topological polar surface area (TPSA) is 24.1 Å². The third-order valence-electron chi connectivity index (χ3n) is 3.27. The van der Waals surface area contributed by atoms with E-state index in [2.05, 4.69) is 38.3 Å². The molecule has 0 aliphatic carbocycles. The summed E-state index contributed by atoms with van der Waals surface area (Å²) in [5.74, 6) is 0.775. The molecule has 72 valence electrons. The van der Waals surface area contributed by atoms with Crippen molar-refractivity contribution in [2.24, 2.45) is 11.3 Å². The fraction of sp³-hybridized carbons (Fsp3) is 1.00. The SMILES string of the molecule is CCNCC1NCC(C)(C)C1C. The lowest BCUT2D eigenvalue weighted by atomic mass is 9.80. The summed E-state index contributed by atoms with van der Waals surface area (Å²) >= 11 is 0. The lowest BCUT2D eigenvalue weighted by Crippen LogP contribution is -2.37. The Balaban J connectivity index is 2.39. The van der Waals surface area contributed by atoms with Gasteiger partial charge in [0.25, 0.3) is 0 Å². The first-order chi connectivity index (χ1) is 5.58. The summed E-state index contributed by atoms with van der Waals surface area (Å²) in [6.45, 7) is 12.5. The molecule has 2 N–H and O–H groups in total. The Kier molecular flexibility index (Phi) is 3.13. The van der Waals surface area contributed by atoms with Crippen LogP contribution in [0.5, 0.6) is 0 Å². The maximum Gasteiger partial charge on any atom is 0.0223 e. The van der Waals surface area contributed by atoms with Crippen molar-refractivity contribution in [2.75, 3.05) is 19.6 Å². The molecule has 1 saturated heterocycles. The predicted molar refractivity (Wildman–Crippen MR) is 53.3 cm³/mol. The van der Waals surface area contributed by atoms with Crippen LogP contribution in [-0.2, 0) is 0 Å². The largest absolute Gasteiger partial charge is 0.315 e. The van der Waals surface area contributed by atoms with Gasteiger partial charge in [0, 0.05) is 19.1 Å². The first-order valence-electron chi connectivity index (χ1n) is 5.02. The number of nitrogens with one attached hydrogen (secondary N) is 2. The minimum absolute atomic E-state index is 0.472. The van der Waals surface area contributed by atoms with Crippen LogP contribution in [0.3, 0.4) is 0 Å². The summed E-state index contributed by atoms with van der Waals surface area (Å²) in [5.41, 5.74) is 0.472. The molecule has 2 unspecified atom stereocenters. The molecule has 1 heterocycles. The third kappa shape index (κ3) is 1.99. The normalized spacial score (nSPS) is 34.0. The van der Waals surface area contributed by atoms with E-state index in [4.69, 9.17) is 0 Å². The average molecular weight is 170 g/mol. The Morgan fingerprint density at radius 3 is 2.58 bits per heavy atom. The monoisotopic (exact) mass is 170 g/mol. The zero-order valence-corrected chi connectivity index (χ0v) is 8.78. The first kappa shape index (κ1) is 10.0. The lowest BCUT2D eigenvalue weighted by Gasteiger charge is -2.25. The van der Waals surface area contributed by atoms with Gasteiger partial charge < -0.3 is 10.6 Å². The summed E-state index contributed by atoms with van der Waals surface area (Å²) in [7, 11) is 0. The van der Waals surface area contributed by atoms with Gasteiger partial charge in [-0.3, -0.25) is 0 Å². The highest BCUT2D eigenvalue weighted by molar-refractivity contribution is 4.94. The molecule has 1 fully saturated rings. The molecule has 0 saturated carbocycles. The molecule has 1 aliphatic rings. The standard InChI is InChI=1S/C10H22N2/c1-5-11-6-9-8(2)10(3,4)7-12-9/h8-9,11-12H,5-7H2,1-4H3. The second-order valence-electron chi connectivity index (χ2n) is 4.57. The Morgan fingerprint density at radius 1 is 1.50 bits per heavy atom. The van der Waals surface area contributed by atoms with Crippen molar-refractivity contribution >= 4 is 0 Å². The van der Waals surface area contributed by atoms with E-state index in [1.807, 2.05) is 0 Å². The Bertz CT molecular complexity index is 143. The molecular formula is C10H22N2. The van der Waals surface area contributed by atoms with E-state index in [0.29, 0.717) is 11.5 Å². The van der Waals surface area contributed by atoms with E-state index in [9.17, 15) is 0 Å². The van der Waals surface area contributed by atoms with E-state index in [0.717, 1.165) is 25.6 Å². The van der Waals surface area contributed by atoms with Crippen LogP contribution in [0.25, 0.3) is 0 Å². The number of rotatable bonds is 3. The van der Waals surface area contributed by atoms with Crippen LogP contribution in [0.15, 0.2) is 0 Å². The van der Waals surface area contributed by atoms with Gasteiger partial charge in [-0.25, -0.2) is 0 Å². The summed E-state index contributed by atoms with van der Waals surface area (Å²) < 4.78 is 0. The van der Waals surface area contributed by atoms with Crippen LogP contribution >= 0.6 is 0 Å². The highest BCUT2D eigenvalue weighted by atomic mass is 15.0. The molecule has 2 heteroatoms. The van der Waals surface area contributed by atoms with Crippen LogP contribution in [0, 0.1) is 11.3 Å². The van der Waals surface area contributed by atoms with Crippen LogP contribution in [0.2, 0.25) is 0 Å². The van der Waals surface area contributed by atoms with Crippen LogP contribution in [0.4, 0.5) is 0 Å². The van der Waals surface area contributed by atoms with Gasteiger partial charge in [-0.2, -0.15) is 0 Å². The molecule has 12 heavy (non-hydrogen) atoms. The zero-order valence-electron chi connectivity index (χ0n) is 8.78. The van der Waals surface area contributed by atoms with Gasteiger partial charge in [-0.1, -0.05) is 27.7 Å². The Labute approximate surface area is 76.1 Å². The molecule has 0 spiro atoms. The summed E-state index contributed by atoms with van der Waals surface area (Å²) in [5, 5.41) is 6.96. The Hall–Kier alpha value is -0.0800. The summed E-state index contributed by atoms with van der Waals surface area (Å²) in [6, 6.07) is 0.667. The molecule has 2 atom stereocenters. The zero-order chi connectivity index (χ0) is 9.19. The van der Waals surface area contributed by atoms with Crippen molar-refractivity contribution in [3.8, 4) is 0 Å². The third-order valence-corrected chi connectivity index (χ3v) is 3.27. The minimum Gasteiger partial charge on any atom is -0.315 e. The minimum atomic E-state index is 0.472. The van der Waals surface area contributed by atoms with E-state index in [1.54, 1.807) is 0 Å². The number of likely N-dealkylation sites (N-methyl/N-ethyl adjacent to an activating group) is 1. The van der Waals surface area contributed by atoms with Gasteiger partial charge in [0.1, 0.15) is 0 Å². The van der Waals surface area contributed by atoms with Crippen molar-refractivity contribution in [1.82, 2.24) is 10.6 Å². The van der Waals surface area contributed by atoms with Crippen molar-refractivity contribution in [1.29, 1.82) is 0 Å². The van der Waals surface area contributed by atoms with Gasteiger partial charge in [0.2, 0.25) is 0 Å². The lowest BCUT2D eigenvalue weighted by molar-refractivity contribution is 0.279. The second-order valence-corrected chi connectivity index (χ2v) is 4.57. The molecule has 2 nitrogen and oxygen atoms in total. The molecule has 0 aromatic carbocycles. The Morgan fingerprint density at radius 2 is 2.17 bits per heavy atom. The fourth-order valence-corrected chi connectivity index (χ4v) is 1.83. The molecule has 1 aliphatic heterocycles. The maximum absolute atomic E-state index is 3.57. The van der Waals surface area contributed by atoms with E-state index in [-0.39, 0.29) is 0 Å². The number of hydrogen-bond acceptors (Lipinski definition) is 2. The highest BCUT2D eigenvalue weighted by Gasteiger charge is 2.37. The van der Waals surface area contributed by atoms with Crippen LogP contribution < -0.4 is 10.6 Å². The molecule has 0 bridgehead atoms. The smallest absolute Gasteiger partial charge is 0.0223 e. The number of hydrogen-bond donors (Lipinski definition) is 2. The molecule has 0 radical (unpaired) electrons. The van der Waals surface area contributed by atoms with Gasteiger partial charge in [-0.15, -0.1) is 0 Å². The van der Waals surface area contributed by atoms with Crippen molar-refractivity contribution in [3.63, 3.8) is 0 Å². The molecule has 0 aromatic rings. The van der Waals surface area contributed by atoms with Gasteiger partial charge in [0.05, 0.1) is 0 Å². The van der Waals surface area contributed by atoms with Crippen LogP contribution in [-0.4, -0.2) is 25.7 Å². The second kappa shape index (κ2) is 3.75. The predicted octanol–water partition coefficient (Wildman–Crippen LogP) is 1.23. The maximum atomic E-state index is 3.57. The van der Waals surface area contributed by atoms with Crippen molar-refractivity contribution in [3.05, 3.63) is 0 Å². The molecule has 1 rings (SSSR count). The average Bonchev–Trinajstić information content (AvgIpc) is 2.26. The molecule has 0 amide bonds. The quantitative estimate of drug-likeness (QED) is 0.665. The summed E-state index contributed by atoms with van der Waals surface area (Å²) in [6.07, 6.45) is 0. The fourth-order valence-electron chi connectivity index (χ4n) is 1.83. The van der Waals surface area contributed by atoms with Gasteiger partial charge in [-0.05, 0) is 17.9 Å². The van der Waals surface area contributed by atoms with E-state index < -0.39 is 0 Å². The highest BCUT2D eigenvalue weighted by Crippen LogP contribution is 2.33. The van der Waals surface area contributed by atoms with Crippen molar-refractivity contribution < 1.29 is 0 Å². The van der Waals surface area contributed by atoms with E-state index in [1.165, 1.54) is 0 Å².